The molecule has 1 rings (SSSR count). The highest BCUT2D eigenvalue weighted by Crippen LogP contribution is 2.18. The van der Waals surface area contributed by atoms with Crippen LogP contribution in [0.5, 0.6) is 0 Å². The van der Waals surface area contributed by atoms with Gasteiger partial charge in [-0.25, -0.2) is 0 Å². The lowest BCUT2D eigenvalue weighted by atomic mass is 10.1. The highest BCUT2D eigenvalue weighted by Gasteiger charge is 2.03. The van der Waals surface area contributed by atoms with Crippen LogP contribution >= 0.6 is 12.4 Å². The van der Waals surface area contributed by atoms with Gasteiger partial charge in [-0.15, -0.1) is 12.4 Å². The third-order valence-corrected chi connectivity index (χ3v) is 1.90. The fraction of sp³-hybridized carbons (Fsp3) is 0.333. The van der Waals surface area contributed by atoms with E-state index < -0.39 is 0 Å². The Bertz CT molecular complexity index is 238. The van der Waals surface area contributed by atoms with E-state index in [9.17, 15) is 0 Å². The van der Waals surface area contributed by atoms with Crippen molar-refractivity contribution in [1.29, 1.82) is 0 Å². The molecule has 0 aliphatic carbocycles. The fourth-order valence-corrected chi connectivity index (χ4v) is 1.06. The molecule has 0 bridgehead atoms. The van der Waals surface area contributed by atoms with Gasteiger partial charge in [0.25, 0.3) is 0 Å². The SMILES string of the molecule is CN[C@H](C)c1ccccc1N.Cl. The smallest absolute Gasteiger partial charge is 0.0362 e. The van der Waals surface area contributed by atoms with Gasteiger partial charge in [0.15, 0.2) is 0 Å². The zero-order valence-corrected chi connectivity index (χ0v) is 8.19. The molecule has 0 unspecified atom stereocenters. The molecule has 1 atom stereocenters. The van der Waals surface area contributed by atoms with Crippen molar-refractivity contribution >= 4 is 18.1 Å². The molecule has 0 aliphatic rings. The molecule has 0 radical (unpaired) electrons. The van der Waals surface area contributed by atoms with E-state index in [0.717, 1.165) is 11.3 Å². The highest BCUT2D eigenvalue weighted by molar-refractivity contribution is 5.85. The molecule has 0 heterocycles. The number of halogens is 1. The van der Waals surface area contributed by atoms with Gasteiger partial charge in [0.05, 0.1) is 0 Å². The maximum absolute atomic E-state index is 5.76. The van der Waals surface area contributed by atoms with Crippen LogP contribution in [0.25, 0.3) is 0 Å². The normalized spacial score (nSPS) is 11.8. The number of nitrogens with two attached hydrogens (primary N) is 1. The number of nitrogens with one attached hydrogen (secondary N) is 1. The van der Waals surface area contributed by atoms with Crippen molar-refractivity contribution in [3.63, 3.8) is 0 Å². The Morgan fingerprint density at radius 1 is 1.33 bits per heavy atom. The summed E-state index contributed by atoms with van der Waals surface area (Å²) in [7, 11) is 1.93. The second-order valence-electron chi connectivity index (χ2n) is 2.64. The van der Waals surface area contributed by atoms with E-state index in [1.807, 2.05) is 31.3 Å². The summed E-state index contributed by atoms with van der Waals surface area (Å²) >= 11 is 0. The van der Waals surface area contributed by atoms with E-state index in [1.165, 1.54) is 0 Å². The zero-order chi connectivity index (χ0) is 8.27. The Balaban J connectivity index is 0.00000121. The van der Waals surface area contributed by atoms with Crippen LogP contribution in [0.1, 0.15) is 18.5 Å². The summed E-state index contributed by atoms with van der Waals surface area (Å²) < 4.78 is 0. The van der Waals surface area contributed by atoms with Crippen LogP contribution in [-0.2, 0) is 0 Å². The second kappa shape index (κ2) is 5.01. The van der Waals surface area contributed by atoms with Gasteiger partial charge in [-0.2, -0.15) is 0 Å². The number of hydrogen-bond acceptors (Lipinski definition) is 2. The summed E-state index contributed by atoms with van der Waals surface area (Å²) in [5.74, 6) is 0. The lowest BCUT2D eigenvalue weighted by molar-refractivity contribution is 0.654. The van der Waals surface area contributed by atoms with Crippen LogP contribution in [-0.4, -0.2) is 7.05 Å². The first-order valence-corrected chi connectivity index (χ1v) is 3.77. The lowest BCUT2D eigenvalue weighted by Gasteiger charge is -2.12. The number of rotatable bonds is 2. The van der Waals surface area contributed by atoms with Gasteiger partial charge in [0.2, 0.25) is 0 Å². The maximum atomic E-state index is 5.76. The predicted octanol–water partition coefficient (Wildman–Crippen LogP) is 1.97. The van der Waals surface area contributed by atoms with Crippen molar-refractivity contribution in [1.82, 2.24) is 5.32 Å². The van der Waals surface area contributed by atoms with Crippen molar-refractivity contribution in [3.8, 4) is 0 Å². The van der Waals surface area contributed by atoms with Gasteiger partial charge >= 0.3 is 0 Å². The lowest BCUT2D eigenvalue weighted by Crippen LogP contribution is -2.13. The maximum Gasteiger partial charge on any atom is 0.0362 e. The first-order chi connectivity index (χ1) is 5.25. The van der Waals surface area contributed by atoms with Gasteiger partial charge in [-0.3, -0.25) is 0 Å². The van der Waals surface area contributed by atoms with Crippen LogP contribution in [0.4, 0.5) is 5.69 Å². The van der Waals surface area contributed by atoms with Gasteiger partial charge < -0.3 is 11.1 Å². The predicted molar refractivity (Wildman–Crippen MR) is 55.6 cm³/mol. The summed E-state index contributed by atoms with van der Waals surface area (Å²) in [6.07, 6.45) is 0. The monoisotopic (exact) mass is 186 g/mol. The minimum Gasteiger partial charge on any atom is -0.398 e. The van der Waals surface area contributed by atoms with Gasteiger partial charge in [0, 0.05) is 11.7 Å². The third kappa shape index (κ3) is 2.40. The summed E-state index contributed by atoms with van der Waals surface area (Å²) in [5, 5.41) is 3.14. The first kappa shape index (κ1) is 11.3. The zero-order valence-electron chi connectivity index (χ0n) is 7.37. The fourth-order valence-electron chi connectivity index (χ4n) is 1.06. The molecular weight excluding hydrogens is 172 g/mol. The van der Waals surface area contributed by atoms with E-state index in [-0.39, 0.29) is 12.4 Å². The largest absolute Gasteiger partial charge is 0.398 e. The van der Waals surface area contributed by atoms with Crippen LogP contribution in [0.2, 0.25) is 0 Å². The number of anilines is 1. The molecule has 0 saturated carbocycles. The summed E-state index contributed by atoms with van der Waals surface area (Å²) in [6, 6.07) is 8.23. The van der Waals surface area contributed by atoms with Crippen molar-refractivity contribution in [2.45, 2.75) is 13.0 Å². The van der Waals surface area contributed by atoms with Crippen LogP contribution in [0.15, 0.2) is 24.3 Å². The molecule has 0 fully saturated rings. The Hall–Kier alpha value is -0.730. The van der Waals surface area contributed by atoms with Crippen molar-refractivity contribution in [2.24, 2.45) is 0 Å². The molecule has 3 N–H and O–H groups in total. The van der Waals surface area contributed by atoms with Crippen LogP contribution in [0, 0.1) is 0 Å². The Kier molecular flexibility index (Phi) is 4.71. The van der Waals surface area contributed by atoms with Gasteiger partial charge in [-0.1, -0.05) is 18.2 Å². The summed E-state index contributed by atoms with van der Waals surface area (Å²) in [5.41, 5.74) is 7.77. The molecule has 0 spiro atoms. The first-order valence-electron chi connectivity index (χ1n) is 3.77. The van der Waals surface area contributed by atoms with Gasteiger partial charge in [0.1, 0.15) is 0 Å². The number of benzene rings is 1. The molecule has 2 nitrogen and oxygen atoms in total. The van der Waals surface area contributed by atoms with E-state index >= 15 is 0 Å². The number of para-hydroxylation sites is 1. The summed E-state index contributed by atoms with van der Waals surface area (Å²) in [6.45, 7) is 2.09. The quantitative estimate of drug-likeness (QED) is 0.694. The second-order valence-corrected chi connectivity index (χ2v) is 2.64. The molecule has 68 valence electrons. The molecule has 3 heteroatoms. The molecule has 1 aromatic rings. The molecule has 1 aromatic carbocycles. The standard InChI is InChI=1S/C9H14N2.ClH/c1-7(11-2)8-5-3-4-6-9(8)10;/h3-7,11H,10H2,1-2H3;1H/t7-;/m1./s1. The number of hydrogen-bond donors (Lipinski definition) is 2. The molecule has 0 aliphatic heterocycles. The molecule has 12 heavy (non-hydrogen) atoms. The Morgan fingerprint density at radius 2 is 1.92 bits per heavy atom. The molecule has 0 aromatic heterocycles. The average Bonchev–Trinajstić information content (AvgIpc) is 2.04. The number of nitrogen functional groups attached to an aromatic ring is 1. The van der Waals surface area contributed by atoms with E-state index in [1.54, 1.807) is 0 Å². The van der Waals surface area contributed by atoms with E-state index in [0.29, 0.717) is 6.04 Å². The van der Waals surface area contributed by atoms with Crippen molar-refractivity contribution in [2.75, 3.05) is 12.8 Å². The topological polar surface area (TPSA) is 38.0 Å². The van der Waals surface area contributed by atoms with Crippen molar-refractivity contribution < 1.29 is 0 Å². The minimum atomic E-state index is 0. The Labute approximate surface area is 79.6 Å². The van der Waals surface area contributed by atoms with E-state index in [2.05, 4.69) is 12.2 Å². The minimum absolute atomic E-state index is 0. The Morgan fingerprint density at radius 3 is 2.42 bits per heavy atom. The molecular formula is C9H15ClN2. The third-order valence-electron chi connectivity index (χ3n) is 1.90. The summed E-state index contributed by atoms with van der Waals surface area (Å²) in [4.78, 5) is 0. The van der Waals surface area contributed by atoms with Crippen LogP contribution < -0.4 is 11.1 Å². The average molecular weight is 187 g/mol. The van der Waals surface area contributed by atoms with Crippen LogP contribution in [0.3, 0.4) is 0 Å². The van der Waals surface area contributed by atoms with Gasteiger partial charge in [-0.05, 0) is 25.6 Å². The highest BCUT2D eigenvalue weighted by atomic mass is 35.5. The molecule has 0 amide bonds. The van der Waals surface area contributed by atoms with E-state index in [4.69, 9.17) is 5.73 Å². The molecule has 0 saturated heterocycles. The van der Waals surface area contributed by atoms with Crippen molar-refractivity contribution in [3.05, 3.63) is 29.8 Å².